The summed E-state index contributed by atoms with van der Waals surface area (Å²) in [7, 11) is 0. The maximum Gasteiger partial charge on any atom is 0.306 e. The highest BCUT2D eigenvalue weighted by atomic mass is 16.6. The summed E-state index contributed by atoms with van der Waals surface area (Å²) in [6.45, 7) is 2.25. The molecule has 0 unspecified atom stereocenters. The second-order valence-electron chi connectivity index (χ2n) is 6.46. The molecule has 1 N–H and O–H groups in total. The summed E-state index contributed by atoms with van der Waals surface area (Å²) in [6, 6.07) is 0. The van der Waals surface area contributed by atoms with Crippen molar-refractivity contribution in [3.63, 3.8) is 0 Å². The van der Waals surface area contributed by atoms with Crippen LogP contribution in [0.4, 0.5) is 0 Å². The first kappa shape index (κ1) is 18.5. The van der Waals surface area contributed by atoms with Crippen LogP contribution in [0.1, 0.15) is 96.8 Å². The van der Waals surface area contributed by atoms with E-state index in [2.05, 4.69) is 6.92 Å². The Balaban J connectivity index is 1.97. The molecule has 0 amide bonds. The highest BCUT2D eigenvalue weighted by Gasteiger charge is 2.24. The van der Waals surface area contributed by atoms with Crippen molar-refractivity contribution in [2.45, 2.75) is 109 Å². The Morgan fingerprint density at radius 1 is 1.05 bits per heavy atom. The number of ether oxygens (including phenoxy) is 1. The summed E-state index contributed by atoms with van der Waals surface area (Å²) in [5.41, 5.74) is 0. The molecule has 0 aromatic carbocycles. The summed E-state index contributed by atoms with van der Waals surface area (Å²) in [5.74, 6) is -0.136. The zero-order chi connectivity index (χ0) is 15.3. The molecule has 0 aromatic heterocycles. The Hall–Kier alpha value is -0.570. The van der Waals surface area contributed by atoms with Crippen LogP contribution in [0, 0.1) is 0 Å². The molecule has 1 rings (SSSR count). The minimum Gasteiger partial charge on any atom is -0.460 e. The zero-order valence-corrected chi connectivity index (χ0v) is 13.8. The van der Waals surface area contributed by atoms with Gasteiger partial charge in [-0.1, -0.05) is 64.7 Å². The molecular weight excluding hydrogens is 264 g/mol. The van der Waals surface area contributed by atoms with E-state index in [0.29, 0.717) is 6.42 Å². The number of aliphatic hydroxyl groups excluding tert-OH is 1. The van der Waals surface area contributed by atoms with Gasteiger partial charge < -0.3 is 9.84 Å². The second-order valence-corrected chi connectivity index (χ2v) is 6.46. The predicted octanol–water partition coefficient (Wildman–Crippen LogP) is 4.75. The largest absolute Gasteiger partial charge is 0.460 e. The van der Waals surface area contributed by atoms with Crippen molar-refractivity contribution in [2.75, 3.05) is 0 Å². The quantitative estimate of drug-likeness (QED) is 0.442. The first-order chi connectivity index (χ1) is 10.2. The van der Waals surface area contributed by atoms with E-state index in [-0.39, 0.29) is 12.1 Å². The molecule has 21 heavy (non-hydrogen) atoms. The molecule has 0 spiro atoms. The van der Waals surface area contributed by atoms with Crippen LogP contribution in [-0.2, 0) is 9.53 Å². The number of hydrogen-bond donors (Lipinski definition) is 1. The maximum absolute atomic E-state index is 11.4. The fourth-order valence-corrected chi connectivity index (χ4v) is 3.02. The van der Waals surface area contributed by atoms with E-state index < -0.39 is 6.10 Å². The summed E-state index contributed by atoms with van der Waals surface area (Å²) < 4.78 is 5.32. The standard InChI is InChI=1S/C18H34O3/c1-2-3-4-5-6-7-8-9-10-13-16(19)17-14-11-12-15-18(20)21-17/h16-17,19H,2-15H2,1H3/t16-,17-/m1/s1. The first-order valence-corrected chi connectivity index (χ1v) is 9.11. The van der Waals surface area contributed by atoms with Crippen LogP contribution in [0.5, 0.6) is 0 Å². The summed E-state index contributed by atoms with van der Waals surface area (Å²) >= 11 is 0. The molecule has 0 radical (unpaired) electrons. The molecule has 1 aliphatic heterocycles. The van der Waals surface area contributed by atoms with Gasteiger partial charge in [0.25, 0.3) is 0 Å². The summed E-state index contributed by atoms with van der Waals surface area (Å²) in [4.78, 5) is 11.4. The van der Waals surface area contributed by atoms with Crippen LogP contribution in [-0.4, -0.2) is 23.3 Å². The molecule has 1 fully saturated rings. The lowest BCUT2D eigenvalue weighted by Gasteiger charge is -2.21. The number of rotatable bonds is 11. The van der Waals surface area contributed by atoms with Crippen LogP contribution >= 0.6 is 0 Å². The van der Waals surface area contributed by atoms with Gasteiger partial charge in [0.2, 0.25) is 0 Å². The Morgan fingerprint density at radius 3 is 2.33 bits per heavy atom. The van der Waals surface area contributed by atoms with Crippen molar-refractivity contribution in [1.82, 2.24) is 0 Å². The molecule has 2 atom stereocenters. The normalized spacial score (nSPS) is 20.9. The van der Waals surface area contributed by atoms with E-state index in [4.69, 9.17) is 4.74 Å². The minimum absolute atomic E-state index is 0.136. The van der Waals surface area contributed by atoms with E-state index in [1.807, 2.05) is 0 Å². The number of carbonyl (C=O) groups is 1. The lowest BCUT2D eigenvalue weighted by Crippen LogP contribution is -2.30. The van der Waals surface area contributed by atoms with Crippen LogP contribution in [0.2, 0.25) is 0 Å². The predicted molar refractivity (Wildman–Crippen MR) is 86.2 cm³/mol. The van der Waals surface area contributed by atoms with E-state index in [9.17, 15) is 9.90 Å². The van der Waals surface area contributed by atoms with Gasteiger partial charge >= 0.3 is 5.97 Å². The van der Waals surface area contributed by atoms with Crippen molar-refractivity contribution < 1.29 is 14.6 Å². The van der Waals surface area contributed by atoms with Crippen LogP contribution in [0.3, 0.4) is 0 Å². The second kappa shape index (κ2) is 12.0. The average Bonchev–Trinajstić information content (AvgIpc) is 2.70. The fourth-order valence-electron chi connectivity index (χ4n) is 3.02. The maximum atomic E-state index is 11.4. The Labute approximate surface area is 130 Å². The van der Waals surface area contributed by atoms with Gasteiger partial charge in [-0.05, 0) is 25.7 Å². The third-order valence-electron chi connectivity index (χ3n) is 4.43. The number of unbranched alkanes of at least 4 members (excludes halogenated alkanes) is 8. The highest BCUT2D eigenvalue weighted by Crippen LogP contribution is 2.20. The van der Waals surface area contributed by atoms with Crippen molar-refractivity contribution in [2.24, 2.45) is 0 Å². The van der Waals surface area contributed by atoms with Gasteiger partial charge in [0.15, 0.2) is 0 Å². The van der Waals surface area contributed by atoms with Gasteiger partial charge in [-0.2, -0.15) is 0 Å². The van der Waals surface area contributed by atoms with Gasteiger partial charge in [-0.3, -0.25) is 4.79 Å². The van der Waals surface area contributed by atoms with E-state index >= 15 is 0 Å². The third-order valence-corrected chi connectivity index (χ3v) is 4.43. The molecule has 0 aromatic rings. The molecule has 0 bridgehead atoms. The topological polar surface area (TPSA) is 46.5 Å². The average molecular weight is 298 g/mol. The van der Waals surface area contributed by atoms with Crippen molar-refractivity contribution in [1.29, 1.82) is 0 Å². The Morgan fingerprint density at radius 2 is 1.67 bits per heavy atom. The Bertz CT molecular complexity index is 265. The van der Waals surface area contributed by atoms with Gasteiger partial charge in [-0.25, -0.2) is 0 Å². The van der Waals surface area contributed by atoms with E-state index in [0.717, 1.165) is 32.1 Å². The van der Waals surface area contributed by atoms with Crippen molar-refractivity contribution in [3.8, 4) is 0 Å². The minimum atomic E-state index is -0.461. The number of carbonyl (C=O) groups excluding carboxylic acids is 1. The number of esters is 1. The molecule has 3 heteroatoms. The molecule has 1 aliphatic rings. The zero-order valence-electron chi connectivity index (χ0n) is 13.8. The fraction of sp³-hybridized carbons (Fsp3) is 0.944. The number of hydrogen-bond acceptors (Lipinski definition) is 3. The Kier molecular flexibility index (Phi) is 10.6. The van der Waals surface area contributed by atoms with Crippen molar-refractivity contribution in [3.05, 3.63) is 0 Å². The molecule has 1 saturated heterocycles. The first-order valence-electron chi connectivity index (χ1n) is 9.11. The van der Waals surface area contributed by atoms with Crippen molar-refractivity contribution >= 4 is 5.97 Å². The third kappa shape index (κ3) is 9.13. The molecular formula is C18H34O3. The van der Waals surface area contributed by atoms with Gasteiger partial charge in [0.05, 0.1) is 6.10 Å². The van der Waals surface area contributed by atoms with Crippen LogP contribution in [0.25, 0.3) is 0 Å². The molecule has 124 valence electrons. The smallest absolute Gasteiger partial charge is 0.306 e. The lowest BCUT2D eigenvalue weighted by molar-refractivity contribution is -0.153. The van der Waals surface area contributed by atoms with E-state index in [1.165, 1.54) is 51.4 Å². The highest BCUT2D eigenvalue weighted by molar-refractivity contribution is 5.69. The SMILES string of the molecule is CCCCCCCCCCC[C@@H](O)[C@H]1CCCCC(=O)O1. The molecule has 0 saturated carbocycles. The van der Waals surface area contributed by atoms with Crippen LogP contribution < -0.4 is 0 Å². The summed E-state index contributed by atoms with van der Waals surface area (Å²) in [6.07, 6.45) is 14.9. The van der Waals surface area contributed by atoms with Gasteiger partial charge in [-0.15, -0.1) is 0 Å². The number of cyclic esters (lactones) is 1. The van der Waals surface area contributed by atoms with Gasteiger partial charge in [0.1, 0.15) is 6.10 Å². The molecule has 0 aliphatic carbocycles. The number of aliphatic hydroxyl groups is 1. The lowest BCUT2D eigenvalue weighted by atomic mass is 10.0. The van der Waals surface area contributed by atoms with Crippen LogP contribution in [0.15, 0.2) is 0 Å². The van der Waals surface area contributed by atoms with Gasteiger partial charge in [0, 0.05) is 6.42 Å². The summed E-state index contributed by atoms with van der Waals surface area (Å²) in [5, 5.41) is 10.1. The molecule has 3 nitrogen and oxygen atoms in total. The monoisotopic (exact) mass is 298 g/mol. The molecule has 1 heterocycles. The van der Waals surface area contributed by atoms with E-state index in [1.54, 1.807) is 0 Å².